The summed E-state index contributed by atoms with van der Waals surface area (Å²) in [7, 11) is 1.49. The van der Waals surface area contributed by atoms with E-state index in [1.54, 1.807) is 0 Å². The lowest BCUT2D eigenvalue weighted by molar-refractivity contribution is -0.0176. The molecule has 2 unspecified atom stereocenters. The number of hydrogen-bond acceptors (Lipinski definition) is 6. The molecule has 1 aliphatic rings. The molecule has 0 aliphatic carbocycles. The van der Waals surface area contributed by atoms with Crippen LogP contribution < -0.4 is 10.1 Å². The molecule has 7 heteroatoms. The number of nitrogens with zero attached hydrogens (tertiary/aromatic N) is 2. The SMILES string of the molecule is COc1c(Cl)ncnc1NCC1(O)CCOC1C. The summed E-state index contributed by atoms with van der Waals surface area (Å²) >= 11 is 5.88. The molecule has 0 radical (unpaired) electrons. The molecule has 1 saturated heterocycles. The highest BCUT2D eigenvalue weighted by atomic mass is 35.5. The molecule has 2 rings (SSSR count). The molecule has 1 aromatic heterocycles. The third kappa shape index (κ3) is 2.50. The van der Waals surface area contributed by atoms with Gasteiger partial charge in [-0.1, -0.05) is 11.6 Å². The fourth-order valence-electron chi connectivity index (χ4n) is 1.90. The van der Waals surface area contributed by atoms with Gasteiger partial charge in [-0.2, -0.15) is 0 Å². The number of ether oxygens (including phenoxy) is 2. The average molecular weight is 274 g/mol. The van der Waals surface area contributed by atoms with E-state index in [2.05, 4.69) is 15.3 Å². The zero-order valence-electron chi connectivity index (χ0n) is 10.3. The molecule has 100 valence electrons. The van der Waals surface area contributed by atoms with E-state index in [0.717, 1.165) is 0 Å². The highest BCUT2D eigenvalue weighted by Crippen LogP contribution is 2.30. The topological polar surface area (TPSA) is 76.5 Å². The van der Waals surface area contributed by atoms with Crippen LogP contribution in [-0.2, 0) is 4.74 Å². The van der Waals surface area contributed by atoms with Crippen LogP contribution in [0.1, 0.15) is 13.3 Å². The van der Waals surface area contributed by atoms with E-state index in [9.17, 15) is 5.11 Å². The van der Waals surface area contributed by atoms with Crippen LogP contribution in [0.15, 0.2) is 6.33 Å². The number of methoxy groups -OCH3 is 1. The minimum absolute atomic E-state index is 0.215. The number of aromatic nitrogens is 2. The van der Waals surface area contributed by atoms with Crippen LogP contribution in [0.3, 0.4) is 0 Å². The highest BCUT2D eigenvalue weighted by molar-refractivity contribution is 6.31. The van der Waals surface area contributed by atoms with Crippen LogP contribution in [0.4, 0.5) is 5.82 Å². The van der Waals surface area contributed by atoms with Gasteiger partial charge in [0.1, 0.15) is 11.9 Å². The van der Waals surface area contributed by atoms with Gasteiger partial charge in [0.2, 0.25) is 0 Å². The Morgan fingerprint density at radius 2 is 2.44 bits per heavy atom. The van der Waals surface area contributed by atoms with Gasteiger partial charge in [-0.25, -0.2) is 9.97 Å². The molecular weight excluding hydrogens is 258 g/mol. The number of aliphatic hydroxyl groups is 1. The zero-order valence-corrected chi connectivity index (χ0v) is 11.1. The van der Waals surface area contributed by atoms with E-state index in [1.165, 1.54) is 13.4 Å². The standard InChI is InChI=1S/C11H16ClN3O3/c1-7-11(16,3-4-18-7)5-13-10-8(17-2)9(12)14-6-15-10/h6-7,16H,3-5H2,1-2H3,(H,13,14,15). The first-order valence-corrected chi connectivity index (χ1v) is 6.07. The van der Waals surface area contributed by atoms with Crippen LogP contribution in [0, 0.1) is 0 Å². The summed E-state index contributed by atoms with van der Waals surface area (Å²) in [6.45, 7) is 2.72. The maximum absolute atomic E-state index is 10.3. The molecular formula is C11H16ClN3O3. The molecule has 0 aromatic carbocycles. The molecule has 1 aromatic rings. The van der Waals surface area contributed by atoms with E-state index < -0.39 is 5.60 Å². The van der Waals surface area contributed by atoms with Crippen LogP contribution in [0.25, 0.3) is 0 Å². The lowest BCUT2D eigenvalue weighted by Crippen LogP contribution is -2.43. The number of halogens is 1. The third-order valence-corrected chi connectivity index (χ3v) is 3.46. The van der Waals surface area contributed by atoms with Gasteiger partial charge in [-0.3, -0.25) is 0 Å². The van der Waals surface area contributed by atoms with E-state index in [0.29, 0.717) is 31.1 Å². The second kappa shape index (κ2) is 5.26. The normalized spacial score (nSPS) is 27.2. The van der Waals surface area contributed by atoms with Crippen molar-refractivity contribution in [2.45, 2.75) is 25.0 Å². The van der Waals surface area contributed by atoms with Crippen molar-refractivity contribution in [3.05, 3.63) is 11.5 Å². The van der Waals surface area contributed by atoms with Crippen molar-refractivity contribution in [2.75, 3.05) is 25.6 Å². The maximum Gasteiger partial charge on any atom is 0.198 e. The maximum atomic E-state index is 10.3. The lowest BCUT2D eigenvalue weighted by Gasteiger charge is -2.26. The van der Waals surface area contributed by atoms with Crippen molar-refractivity contribution >= 4 is 17.4 Å². The van der Waals surface area contributed by atoms with E-state index in [-0.39, 0.29) is 11.3 Å². The van der Waals surface area contributed by atoms with Crippen LogP contribution >= 0.6 is 11.6 Å². The Kier molecular flexibility index (Phi) is 3.89. The van der Waals surface area contributed by atoms with Gasteiger partial charge in [0.25, 0.3) is 0 Å². The van der Waals surface area contributed by atoms with Crippen molar-refractivity contribution < 1.29 is 14.6 Å². The summed E-state index contributed by atoms with van der Waals surface area (Å²) in [4.78, 5) is 7.87. The Hall–Kier alpha value is -1.11. The molecule has 0 amide bonds. The third-order valence-electron chi connectivity index (χ3n) is 3.19. The second-order valence-electron chi connectivity index (χ2n) is 4.27. The molecule has 2 heterocycles. The Bertz CT molecular complexity index is 432. The molecule has 0 spiro atoms. The number of rotatable bonds is 4. The summed E-state index contributed by atoms with van der Waals surface area (Å²) in [6, 6.07) is 0. The lowest BCUT2D eigenvalue weighted by atomic mass is 9.97. The summed E-state index contributed by atoms with van der Waals surface area (Å²) in [5, 5.41) is 13.6. The van der Waals surface area contributed by atoms with Crippen molar-refractivity contribution in [1.82, 2.24) is 9.97 Å². The summed E-state index contributed by atoms with van der Waals surface area (Å²) in [5.41, 5.74) is -0.900. The zero-order chi connectivity index (χ0) is 13.2. The quantitative estimate of drug-likeness (QED) is 0.800. The van der Waals surface area contributed by atoms with Crippen LogP contribution in [-0.4, -0.2) is 47.0 Å². The second-order valence-corrected chi connectivity index (χ2v) is 4.62. The summed E-state index contributed by atoms with van der Waals surface area (Å²) < 4.78 is 10.5. The molecule has 2 atom stereocenters. The van der Waals surface area contributed by atoms with Gasteiger partial charge in [-0.15, -0.1) is 0 Å². The predicted octanol–water partition coefficient (Wildman–Crippen LogP) is 1.09. The summed E-state index contributed by atoms with van der Waals surface area (Å²) in [5.74, 6) is 0.833. The van der Waals surface area contributed by atoms with E-state index in [1.807, 2.05) is 6.92 Å². The van der Waals surface area contributed by atoms with Crippen molar-refractivity contribution in [3.8, 4) is 5.75 Å². The van der Waals surface area contributed by atoms with E-state index >= 15 is 0 Å². The minimum atomic E-state index is -0.900. The molecule has 18 heavy (non-hydrogen) atoms. The van der Waals surface area contributed by atoms with Gasteiger partial charge in [-0.05, 0) is 6.92 Å². The van der Waals surface area contributed by atoms with Crippen LogP contribution in [0.5, 0.6) is 5.75 Å². The molecule has 1 aliphatic heterocycles. The predicted molar refractivity (Wildman–Crippen MR) is 67.1 cm³/mol. The largest absolute Gasteiger partial charge is 0.490 e. The molecule has 6 nitrogen and oxygen atoms in total. The fourth-order valence-corrected chi connectivity index (χ4v) is 2.11. The van der Waals surface area contributed by atoms with Gasteiger partial charge in [0.15, 0.2) is 16.7 Å². The molecule has 2 N–H and O–H groups in total. The average Bonchev–Trinajstić information content (AvgIpc) is 2.68. The Morgan fingerprint density at radius 1 is 1.67 bits per heavy atom. The number of anilines is 1. The van der Waals surface area contributed by atoms with Crippen molar-refractivity contribution in [2.24, 2.45) is 0 Å². The monoisotopic (exact) mass is 273 g/mol. The Morgan fingerprint density at radius 3 is 3.06 bits per heavy atom. The van der Waals surface area contributed by atoms with Gasteiger partial charge >= 0.3 is 0 Å². The molecule has 1 fully saturated rings. The van der Waals surface area contributed by atoms with Crippen molar-refractivity contribution in [3.63, 3.8) is 0 Å². The van der Waals surface area contributed by atoms with Crippen molar-refractivity contribution in [1.29, 1.82) is 0 Å². The number of hydrogen-bond donors (Lipinski definition) is 2. The smallest absolute Gasteiger partial charge is 0.198 e. The number of nitrogens with one attached hydrogen (secondary N) is 1. The summed E-state index contributed by atoms with van der Waals surface area (Å²) in [6.07, 6.45) is 1.71. The fraction of sp³-hybridized carbons (Fsp3) is 0.636. The van der Waals surface area contributed by atoms with E-state index in [4.69, 9.17) is 21.1 Å². The van der Waals surface area contributed by atoms with Gasteiger partial charge in [0.05, 0.1) is 13.2 Å². The highest BCUT2D eigenvalue weighted by Gasteiger charge is 2.39. The van der Waals surface area contributed by atoms with Gasteiger partial charge < -0.3 is 19.9 Å². The Balaban J connectivity index is 2.08. The first-order valence-electron chi connectivity index (χ1n) is 5.69. The molecule has 0 saturated carbocycles. The minimum Gasteiger partial charge on any atom is -0.490 e. The van der Waals surface area contributed by atoms with Gasteiger partial charge in [0, 0.05) is 19.6 Å². The Labute approximate surface area is 110 Å². The first-order chi connectivity index (χ1) is 8.57. The molecule has 0 bridgehead atoms. The first kappa shape index (κ1) is 13.3. The van der Waals surface area contributed by atoms with Crippen LogP contribution in [0.2, 0.25) is 5.15 Å².